The molecule has 74 valence electrons. The topological polar surface area (TPSA) is 32.3 Å². The Morgan fingerprint density at radius 2 is 2.08 bits per heavy atom. The lowest BCUT2D eigenvalue weighted by atomic mass is 10.2. The second-order valence-electron chi connectivity index (χ2n) is 3.64. The molecule has 0 heterocycles. The van der Waals surface area contributed by atoms with Crippen molar-refractivity contribution in [1.82, 2.24) is 10.2 Å². The molecule has 0 atom stereocenters. The molecule has 0 aromatic carbocycles. The lowest BCUT2D eigenvalue weighted by molar-refractivity contribution is -0.115. The summed E-state index contributed by atoms with van der Waals surface area (Å²) in [5, 5.41) is 2.72. The van der Waals surface area contributed by atoms with Crippen molar-refractivity contribution in [2.75, 3.05) is 27.2 Å². The van der Waals surface area contributed by atoms with Crippen LogP contribution in [0.15, 0.2) is 0 Å². The van der Waals surface area contributed by atoms with Crippen molar-refractivity contribution in [2.45, 2.75) is 13.8 Å². The van der Waals surface area contributed by atoms with Crippen molar-refractivity contribution < 1.29 is 4.79 Å². The van der Waals surface area contributed by atoms with E-state index in [9.17, 15) is 4.79 Å². The number of carbonyl (C=O) groups excluding carboxylic acids is 1. The van der Waals surface area contributed by atoms with Gasteiger partial charge in [0.1, 0.15) is 0 Å². The number of amides is 1. The number of carbonyl (C=O) groups is 1. The van der Waals surface area contributed by atoms with E-state index in [4.69, 9.17) is 0 Å². The summed E-state index contributed by atoms with van der Waals surface area (Å²) >= 11 is 0. The minimum absolute atomic E-state index is 0.185. The zero-order valence-corrected chi connectivity index (χ0v) is 8.85. The molecule has 0 unspecified atom stereocenters. The highest BCUT2D eigenvalue weighted by atomic mass is 16.1. The van der Waals surface area contributed by atoms with Crippen LogP contribution in [0.1, 0.15) is 13.8 Å². The molecule has 0 saturated carbocycles. The molecule has 3 nitrogen and oxygen atoms in total. The van der Waals surface area contributed by atoms with Gasteiger partial charge in [-0.25, -0.2) is 0 Å². The highest BCUT2D eigenvalue weighted by molar-refractivity contribution is 5.93. The number of rotatable bonds is 3. The first-order valence-corrected chi connectivity index (χ1v) is 4.43. The smallest absolute Gasteiger partial charge is 0.295 e. The van der Waals surface area contributed by atoms with Gasteiger partial charge in [-0.2, -0.15) is 0 Å². The fourth-order valence-corrected chi connectivity index (χ4v) is 0.619. The molecule has 0 aliphatic rings. The second kappa shape index (κ2) is 6.50. The minimum atomic E-state index is -0.185. The molecule has 13 heavy (non-hydrogen) atoms. The Bertz CT molecular complexity index is 211. The van der Waals surface area contributed by atoms with Gasteiger partial charge in [-0.3, -0.25) is 9.69 Å². The summed E-state index contributed by atoms with van der Waals surface area (Å²) in [5.74, 6) is 5.59. The largest absolute Gasteiger partial charge is 0.345 e. The van der Waals surface area contributed by atoms with Crippen molar-refractivity contribution in [3.8, 4) is 11.8 Å². The van der Waals surface area contributed by atoms with Crippen LogP contribution in [0.3, 0.4) is 0 Å². The molecule has 0 aromatic heterocycles. The average molecular weight is 182 g/mol. The number of hydrogen-bond donors (Lipinski definition) is 1. The number of hydrogen-bond acceptors (Lipinski definition) is 2. The van der Waals surface area contributed by atoms with Crippen LogP contribution >= 0.6 is 0 Å². The molecule has 0 bridgehead atoms. The molecule has 0 rings (SSSR count). The SMILES string of the molecule is CC(C)CNC(=O)C#CCN(C)C. The van der Waals surface area contributed by atoms with Gasteiger partial charge in [-0.1, -0.05) is 19.8 Å². The maximum Gasteiger partial charge on any atom is 0.295 e. The summed E-state index contributed by atoms with van der Waals surface area (Å²) in [6.07, 6.45) is 0. The predicted molar refractivity (Wildman–Crippen MR) is 54.2 cm³/mol. The van der Waals surface area contributed by atoms with Gasteiger partial charge in [0, 0.05) is 6.54 Å². The number of nitrogens with one attached hydrogen (secondary N) is 1. The molecule has 1 amide bonds. The Hall–Kier alpha value is -1.01. The molecule has 0 saturated heterocycles. The van der Waals surface area contributed by atoms with Gasteiger partial charge < -0.3 is 5.32 Å². The van der Waals surface area contributed by atoms with E-state index in [1.54, 1.807) is 0 Å². The summed E-state index contributed by atoms with van der Waals surface area (Å²) in [7, 11) is 3.83. The van der Waals surface area contributed by atoms with E-state index < -0.39 is 0 Å². The van der Waals surface area contributed by atoms with Crippen molar-refractivity contribution >= 4 is 5.91 Å². The predicted octanol–water partition coefficient (Wildman–Crippen LogP) is 0.324. The van der Waals surface area contributed by atoms with Gasteiger partial charge in [0.25, 0.3) is 5.91 Å². The molecular weight excluding hydrogens is 164 g/mol. The van der Waals surface area contributed by atoms with Crippen LogP contribution in [-0.2, 0) is 4.79 Å². The standard InChI is InChI=1S/C10H18N2O/c1-9(2)8-11-10(13)6-5-7-12(3)4/h9H,7-8H2,1-4H3,(H,11,13). The van der Waals surface area contributed by atoms with E-state index >= 15 is 0 Å². The molecule has 0 fully saturated rings. The Kier molecular flexibility index (Phi) is 5.99. The molecule has 3 heteroatoms. The van der Waals surface area contributed by atoms with Crippen LogP contribution in [0.25, 0.3) is 0 Å². The Labute approximate surface area is 80.5 Å². The fraction of sp³-hybridized carbons (Fsp3) is 0.700. The van der Waals surface area contributed by atoms with Gasteiger partial charge >= 0.3 is 0 Å². The fourth-order valence-electron chi connectivity index (χ4n) is 0.619. The van der Waals surface area contributed by atoms with E-state index in [0.717, 1.165) is 0 Å². The Morgan fingerprint density at radius 1 is 1.46 bits per heavy atom. The third-order valence-electron chi connectivity index (χ3n) is 1.27. The van der Waals surface area contributed by atoms with Crippen LogP contribution in [0.2, 0.25) is 0 Å². The van der Waals surface area contributed by atoms with Crippen LogP contribution in [0.5, 0.6) is 0 Å². The highest BCUT2D eigenvalue weighted by Gasteiger charge is 1.96. The maximum atomic E-state index is 11.0. The van der Waals surface area contributed by atoms with Gasteiger partial charge in [-0.05, 0) is 25.9 Å². The second-order valence-corrected chi connectivity index (χ2v) is 3.64. The van der Waals surface area contributed by atoms with Crippen molar-refractivity contribution in [3.63, 3.8) is 0 Å². The van der Waals surface area contributed by atoms with E-state index in [-0.39, 0.29) is 5.91 Å². The molecule has 0 radical (unpaired) electrons. The van der Waals surface area contributed by atoms with Crippen LogP contribution in [0, 0.1) is 17.8 Å². The van der Waals surface area contributed by atoms with Gasteiger partial charge in [-0.15, -0.1) is 0 Å². The minimum Gasteiger partial charge on any atom is -0.345 e. The maximum absolute atomic E-state index is 11.0. The van der Waals surface area contributed by atoms with E-state index in [1.165, 1.54) is 0 Å². The molecule has 0 aliphatic heterocycles. The van der Waals surface area contributed by atoms with E-state index in [0.29, 0.717) is 19.0 Å². The van der Waals surface area contributed by atoms with Crippen molar-refractivity contribution in [2.24, 2.45) is 5.92 Å². The summed E-state index contributed by atoms with van der Waals surface area (Å²) < 4.78 is 0. The Morgan fingerprint density at radius 3 is 2.54 bits per heavy atom. The quantitative estimate of drug-likeness (QED) is 0.638. The number of nitrogens with zero attached hydrogens (tertiary/aromatic N) is 1. The average Bonchev–Trinajstić information content (AvgIpc) is 2.00. The zero-order valence-electron chi connectivity index (χ0n) is 8.85. The summed E-state index contributed by atoms with van der Waals surface area (Å²) in [4.78, 5) is 12.9. The summed E-state index contributed by atoms with van der Waals surface area (Å²) in [6.45, 7) is 5.41. The molecule has 1 N–H and O–H groups in total. The lowest BCUT2D eigenvalue weighted by Crippen LogP contribution is -2.26. The van der Waals surface area contributed by atoms with Gasteiger partial charge in [0.05, 0.1) is 6.54 Å². The van der Waals surface area contributed by atoms with Crippen LogP contribution in [-0.4, -0.2) is 38.0 Å². The molecule has 0 aromatic rings. The zero-order chi connectivity index (χ0) is 10.3. The van der Waals surface area contributed by atoms with Gasteiger partial charge in [0.15, 0.2) is 0 Å². The molecule has 0 aliphatic carbocycles. The normalized spacial score (nSPS) is 9.69. The van der Waals surface area contributed by atoms with E-state index in [1.807, 2.05) is 32.8 Å². The van der Waals surface area contributed by atoms with E-state index in [2.05, 4.69) is 17.2 Å². The van der Waals surface area contributed by atoms with Gasteiger partial charge in [0.2, 0.25) is 0 Å². The highest BCUT2D eigenvalue weighted by Crippen LogP contribution is 1.85. The lowest BCUT2D eigenvalue weighted by Gasteiger charge is -2.03. The summed E-state index contributed by atoms with van der Waals surface area (Å²) in [5.41, 5.74) is 0. The van der Waals surface area contributed by atoms with Crippen LogP contribution < -0.4 is 5.32 Å². The third kappa shape index (κ3) is 8.90. The molecular formula is C10H18N2O. The van der Waals surface area contributed by atoms with Crippen LogP contribution in [0.4, 0.5) is 0 Å². The monoisotopic (exact) mass is 182 g/mol. The molecule has 0 spiro atoms. The third-order valence-corrected chi connectivity index (χ3v) is 1.27. The first-order valence-electron chi connectivity index (χ1n) is 4.43. The van der Waals surface area contributed by atoms with Crippen molar-refractivity contribution in [1.29, 1.82) is 0 Å². The first-order chi connectivity index (χ1) is 6.02. The summed E-state index contributed by atoms with van der Waals surface area (Å²) in [6, 6.07) is 0. The Balaban J connectivity index is 3.65. The van der Waals surface area contributed by atoms with Crippen molar-refractivity contribution in [3.05, 3.63) is 0 Å². The first kappa shape index (κ1) is 12.0.